The lowest BCUT2D eigenvalue weighted by atomic mass is 10.0. The maximum Gasteiger partial charge on any atom is 0.264 e. The van der Waals surface area contributed by atoms with Gasteiger partial charge in [-0.05, 0) is 60.3 Å². The number of pyridine rings is 2. The molecular formula is C30H26ClN5O4S. The number of fused-ring (bicyclic) bond motifs is 1. The van der Waals surface area contributed by atoms with Crippen LogP contribution in [0.5, 0.6) is 0 Å². The van der Waals surface area contributed by atoms with Crippen molar-refractivity contribution in [3.63, 3.8) is 0 Å². The van der Waals surface area contributed by atoms with Crippen LogP contribution in [0.4, 0.5) is 11.5 Å². The zero-order chi connectivity index (χ0) is 29.3. The number of nitrogens with two attached hydrogens (primary N) is 1. The number of sulfonamides is 1. The number of carbonyl (C=O) groups excluding carboxylic acids is 1. The molecule has 0 saturated heterocycles. The summed E-state index contributed by atoms with van der Waals surface area (Å²) in [7, 11) is -3.47. The number of amides is 1. The Balaban J connectivity index is 1.52. The van der Waals surface area contributed by atoms with Crippen LogP contribution < -0.4 is 21.3 Å². The van der Waals surface area contributed by atoms with Crippen molar-refractivity contribution in [2.45, 2.75) is 13.0 Å². The molecule has 0 aliphatic rings. The number of rotatable bonds is 7. The molecule has 208 valence electrons. The van der Waals surface area contributed by atoms with Gasteiger partial charge in [0.15, 0.2) is 0 Å². The van der Waals surface area contributed by atoms with E-state index >= 15 is 0 Å². The fourth-order valence-electron chi connectivity index (χ4n) is 4.64. The number of halogens is 1. The Kier molecular flexibility index (Phi) is 7.53. The number of carbonyl (C=O) groups is 1. The van der Waals surface area contributed by atoms with Crippen LogP contribution in [-0.2, 0) is 10.0 Å². The zero-order valence-electron chi connectivity index (χ0n) is 22.1. The summed E-state index contributed by atoms with van der Waals surface area (Å²) >= 11 is 6.40. The largest absolute Gasteiger partial charge is 0.383 e. The van der Waals surface area contributed by atoms with E-state index in [1.54, 1.807) is 67.6 Å². The molecule has 0 unspecified atom stereocenters. The van der Waals surface area contributed by atoms with Gasteiger partial charge in [-0.2, -0.15) is 0 Å². The molecule has 3 aromatic carbocycles. The first kappa shape index (κ1) is 27.9. The summed E-state index contributed by atoms with van der Waals surface area (Å²) in [6.45, 7) is 1.77. The van der Waals surface area contributed by atoms with E-state index < -0.39 is 22.0 Å². The molecule has 0 aliphatic carbocycles. The lowest BCUT2D eigenvalue weighted by molar-refractivity contribution is 0.0939. The van der Waals surface area contributed by atoms with Crippen molar-refractivity contribution in [3.8, 4) is 16.8 Å². The quantitative estimate of drug-likeness (QED) is 0.241. The first-order valence-electron chi connectivity index (χ1n) is 12.6. The fraction of sp³-hybridized carbons (Fsp3) is 0.100. The summed E-state index contributed by atoms with van der Waals surface area (Å²) in [6, 6.07) is 23.9. The maximum atomic E-state index is 13.7. The van der Waals surface area contributed by atoms with Gasteiger partial charge in [-0.3, -0.25) is 18.9 Å². The van der Waals surface area contributed by atoms with Gasteiger partial charge in [0.25, 0.3) is 11.5 Å². The molecular weight excluding hydrogens is 562 g/mol. The fourth-order valence-corrected chi connectivity index (χ4v) is 5.46. The zero-order valence-corrected chi connectivity index (χ0v) is 23.7. The molecule has 11 heteroatoms. The predicted molar refractivity (Wildman–Crippen MR) is 163 cm³/mol. The topological polar surface area (TPSA) is 136 Å². The van der Waals surface area contributed by atoms with Crippen LogP contribution in [0.2, 0.25) is 5.02 Å². The summed E-state index contributed by atoms with van der Waals surface area (Å²) < 4.78 is 27.3. The van der Waals surface area contributed by atoms with Gasteiger partial charge in [-0.15, -0.1) is 0 Å². The molecule has 1 amide bonds. The minimum absolute atomic E-state index is 0.0228. The molecule has 0 aliphatic heterocycles. The van der Waals surface area contributed by atoms with Crippen molar-refractivity contribution in [2.75, 3.05) is 16.7 Å². The second-order valence-electron chi connectivity index (χ2n) is 9.56. The third-order valence-corrected chi connectivity index (χ3v) is 7.41. The van der Waals surface area contributed by atoms with Crippen molar-refractivity contribution >= 4 is 49.8 Å². The number of para-hydroxylation sites is 1. The second kappa shape index (κ2) is 11.1. The van der Waals surface area contributed by atoms with Crippen LogP contribution >= 0.6 is 11.6 Å². The Morgan fingerprint density at radius 1 is 0.976 bits per heavy atom. The number of hydrogen-bond donors (Lipinski definition) is 3. The molecule has 0 bridgehead atoms. The summed E-state index contributed by atoms with van der Waals surface area (Å²) in [6.07, 6.45) is 2.57. The molecule has 1 atom stereocenters. The second-order valence-corrected chi connectivity index (χ2v) is 11.7. The third-order valence-electron chi connectivity index (χ3n) is 6.49. The van der Waals surface area contributed by atoms with Gasteiger partial charge >= 0.3 is 0 Å². The molecule has 41 heavy (non-hydrogen) atoms. The number of nitrogen functional groups attached to an aromatic ring is 1. The highest BCUT2D eigenvalue weighted by Crippen LogP contribution is 2.28. The first-order chi connectivity index (χ1) is 19.5. The van der Waals surface area contributed by atoms with Crippen molar-refractivity contribution in [2.24, 2.45) is 0 Å². The first-order valence-corrected chi connectivity index (χ1v) is 14.8. The Labute approximate surface area is 241 Å². The monoisotopic (exact) mass is 587 g/mol. The number of benzene rings is 3. The average Bonchev–Trinajstić information content (AvgIpc) is 2.92. The number of anilines is 2. The number of hydrogen-bond acceptors (Lipinski definition) is 6. The van der Waals surface area contributed by atoms with Gasteiger partial charge in [-0.25, -0.2) is 13.4 Å². The normalized spacial score (nSPS) is 12.2. The third kappa shape index (κ3) is 5.93. The van der Waals surface area contributed by atoms with Gasteiger partial charge in [-0.1, -0.05) is 54.1 Å². The summed E-state index contributed by atoms with van der Waals surface area (Å²) in [5, 5.41) is 4.32. The molecule has 9 nitrogen and oxygen atoms in total. The molecule has 2 aromatic heterocycles. The highest BCUT2D eigenvalue weighted by Gasteiger charge is 2.21. The van der Waals surface area contributed by atoms with Crippen molar-refractivity contribution in [1.29, 1.82) is 0 Å². The molecule has 4 N–H and O–H groups in total. The number of nitrogens with zero attached hydrogens (tertiary/aromatic N) is 2. The lowest BCUT2D eigenvalue weighted by Crippen LogP contribution is -2.32. The maximum absolute atomic E-state index is 13.7. The van der Waals surface area contributed by atoms with E-state index in [1.165, 1.54) is 10.8 Å². The van der Waals surface area contributed by atoms with E-state index in [4.69, 9.17) is 17.3 Å². The van der Waals surface area contributed by atoms with Gasteiger partial charge < -0.3 is 11.1 Å². The number of nitrogens with one attached hydrogen (secondary N) is 2. The molecule has 0 spiro atoms. The minimum atomic E-state index is -3.47. The average molecular weight is 588 g/mol. The van der Waals surface area contributed by atoms with Crippen LogP contribution in [-0.4, -0.2) is 30.1 Å². The summed E-state index contributed by atoms with van der Waals surface area (Å²) in [5.41, 5.74) is 8.67. The highest BCUT2D eigenvalue weighted by atomic mass is 35.5. The summed E-state index contributed by atoms with van der Waals surface area (Å²) in [4.78, 5) is 31.4. The SMILES string of the molecule is C[C@H](NC(=O)c1cc(-c2cccc(NS(C)(=O)=O)c2)cnc1N)c1cc2cccc(Cl)c2c(=O)n1-c1ccccc1. The van der Waals surface area contributed by atoms with E-state index in [2.05, 4.69) is 15.0 Å². The Morgan fingerprint density at radius 3 is 2.44 bits per heavy atom. The molecule has 0 radical (unpaired) electrons. The van der Waals surface area contributed by atoms with Crippen molar-refractivity contribution in [1.82, 2.24) is 14.9 Å². The number of aromatic nitrogens is 2. The minimum Gasteiger partial charge on any atom is -0.383 e. The lowest BCUT2D eigenvalue weighted by Gasteiger charge is -2.21. The van der Waals surface area contributed by atoms with Crippen LogP contribution in [0, 0.1) is 0 Å². The van der Waals surface area contributed by atoms with Gasteiger partial charge in [0.05, 0.1) is 28.3 Å². The van der Waals surface area contributed by atoms with Crippen LogP contribution in [0.25, 0.3) is 27.6 Å². The molecule has 5 aromatic rings. The summed E-state index contributed by atoms with van der Waals surface area (Å²) in [5.74, 6) is -0.470. The Morgan fingerprint density at radius 2 is 1.71 bits per heavy atom. The van der Waals surface area contributed by atoms with Gasteiger partial charge in [0.1, 0.15) is 5.82 Å². The molecule has 2 heterocycles. The van der Waals surface area contributed by atoms with Crippen molar-refractivity contribution < 1.29 is 13.2 Å². The van der Waals surface area contributed by atoms with Crippen LogP contribution in [0.3, 0.4) is 0 Å². The van der Waals surface area contributed by atoms with E-state index in [9.17, 15) is 18.0 Å². The van der Waals surface area contributed by atoms with Crippen LogP contribution in [0.15, 0.2) is 95.9 Å². The van der Waals surface area contributed by atoms with E-state index in [-0.39, 0.29) is 16.9 Å². The van der Waals surface area contributed by atoms with Crippen LogP contribution in [0.1, 0.15) is 29.0 Å². The van der Waals surface area contributed by atoms with E-state index in [0.29, 0.717) is 44.0 Å². The van der Waals surface area contributed by atoms with Gasteiger partial charge in [0, 0.05) is 28.8 Å². The molecule has 5 rings (SSSR count). The Bertz CT molecular complexity index is 1960. The smallest absolute Gasteiger partial charge is 0.264 e. The van der Waals surface area contributed by atoms with Crippen molar-refractivity contribution in [3.05, 3.63) is 118 Å². The standard InChI is InChI=1S/C30H26ClN5O4S/c1-18(26-16-20-9-7-13-25(31)27(20)30(38)36(26)23-11-4-3-5-12-23)34-29(37)24-15-21(17-33-28(24)32)19-8-6-10-22(14-19)35-41(2,39)40/h3-18,35H,1-2H3,(H2,32,33)(H,34,37)/t18-/m0/s1. The highest BCUT2D eigenvalue weighted by molar-refractivity contribution is 7.92. The molecule has 0 fully saturated rings. The van der Waals surface area contributed by atoms with Gasteiger partial charge in [0.2, 0.25) is 10.0 Å². The Hall–Kier alpha value is -4.67. The molecule has 0 saturated carbocycles. The predicted octanol–water partition coefficient (Wildman–Crippen LogP) is 5.15. The van der Waals surface area contributed by atoms with E-state index in [0.717, 1.165) is 6.26 Å². The van der Waals surface area contributed by atoms with E-state index in [1.807, 2.05) is 24.3 Å².